The Morgan fingerprint density at radius 3 is 2.65 bits per heavy atom. The van der Waals surface area contributed by atoms with Crippen LogP contribution in [0.1, 0.15) is 19.4 Å². The van der Waals surface area contributed by atoms with E-state index in [0.29, 0.717) is 47.6 Å². The molecule has 0 radical (unpaired) electrons. The smallest absolute Gasteiger partial charge is 0.215 e. The van der Waals surface area contributed by atoms with Gasteiger partial charge in [-0.15, -0.1) is 0 Å². The lowest BCUT2D eigenvalue weighted by molar-refractivity contribution is -0.189. The number of hydrogen-bond donors (Lipinski definition) is 2. The number of nitrogens with zero attached hydrogens (tertiary/aromatic N) is 2. The summed E-state index contributed by atoms with van der Waals surface area (Å²) < 4.78 is 46.6. The molecule has 9 nitrogen and oxygen atoms in total. The molecule has 2 heterocycles. The maximum atomic E-state index is 11.8. The third-order valence-corrected chi connectivity index (χ3v) is 8.21. The highest BCUT2D eigenvalue weighted by atomic mass is 35.5. The van der Waals surface area contributed by atoms with Crippen LogP contribution in [-0.2, 0) is 31.8 Å². The highest BCUT2D eigenvalue weighted by molar-refractivity contribution is 7.90. The lowest BCUT2D eigenvalue weighted by atomic mass is 10.1. The van der Waals surface area contributed by atoms with Gasteiger partial charge in [0.25, 0.3) is 0 Å². The van der Waals surface area contributed by atoms with E-state index in [-0.39, 0.29) is 12.7 Å². The Morgan fingerprint density at radius 2 is 1.97 bits per heavy atom. The summed E-state index contributed by atoms with van der Waals surface area (Å²) in [7, 11) is -3.27. The van der Waals surface area contributed by atoms with Crippen molar-refractivity contribution in [2.75, 3.05) is 31.6 Å². The van der Waals surface area contributed by atoms with Crippen LogP contribution < -0.4 is 14.8 Å². The molecule has 3 aromatic rings. The van der Waals surface area contributed by atoms with E-state index in [1.54, 1.807) is 38.5 Å². The van der Waals surface area contributed by atoms with E-state index in [1.165, 1.54) is 0 Å². The minimum atomic E-state index is -3.27. The van der Waals surface area contributed by atoms with Gasteiger partial charge in [0.2, 0.25) is 15.8 Å². The summed E-state index contributed by atoms with van der Waals surface area (Å²) in [5.74, 6) is -0.437. The SMILES string of the molecule is CC(C)S(=O)(=O)NCCNc1ccc(OCC2COC(Cn3ccnc3)(c3ccc(Cl)cc3Cl)O2)cc1. The van der Waals surface area contributed by atoms with Gasteiger partial charge in [-0.3, -0.25) is 0 Å². The predicted molar refractivity (Wildman–Crippen MR) is 144 cm³/mol. The molecule has 0 aliphatic carbocycles. The Bertz CT molecular complexity index is 1270. The molecule has 2 N–H and O–H groups in total. The average molecular weight is 570 g/mol. The standard InChI is InChI=1S/C25H30Cl2N4O5S/c1-18(2)37(32,33)30-10-9-29-20-4-6-21(7-5-20)34-14-22-15-35-25(36-22,16-31-12-11-28-17-31)23-8-3-19(26)13-24(23)27/h3-8,11-13,17-18,22,29-30H,9-10,14-16H2,1-2H3. The molecule has 0 spiro atoms. The molecule has 1 saturated heterocycles. The molecular weight excluding hydrogens is 539 g/mol. The van der Waals surface area contributed by atoms with Crippen LogP contribution >= 0.6 is 23.2 Å². The van der Waals surface area contributed by atoms with Gasteiger partial charge < -0.3 is 24.1 Å². The van der Waals surface area contributed by atoms with E-state index in [4.69, 9.17) is 37.4 Å². The zero-order valence-electron chi connectivity index (χ0n) is 20.6. The minimum absolute atomic E-state index is 0.278. The summed E-state index contributed by atoms with van der Waals surface area (Å²) in [5, 5.41) is 3.70. The maximum absolute atomic E-state index is 11.8. The zero-order valence-corrected chi connectivity index (χ0v) is 22.9. The summed E-state index contributed by atoms with van der Waals surface area (Å²) in [6, 6.07) is 12.6. The second-order valence-corrected chi connectivity index (χ2v) is 12.1. The van der Waals surface area contributed by atoms with Gasteiger partial charge in [-0.25, -0.2) is 18.1 Å². The molecule has 200 valence electrons. The third kappa shape index (κ3) is 7.16. The van der Waals surface area contributed by atoms with E-state index >= 15 is 0 Å². The number of hydrogen-bond acceptors (Lipinski definition) is 7. The Hall–Kier alpha value is -2.34. The van der Waals surface area contributed by atoms with Crippen molar-refractivity contribution in [1.82, 2.24) is 14.3 Å². The van der Waals surface area contributed by atoms with Gasteiger partial charge in [-0.1, -0.05) is 29.3 Å². The lowest BCUT2D eigenvalue weighted by Gasteiger charge is -2.30. The zero-order chi connectivity index (χ0) is 26.5. The molecule has 0 amide bonds. The Kier molecular flexibility index (Phi) is 8.99. The fourth-order valence-electron chi connectivity index (χ4n) is 3.80. The van der Waals surface area contributed by atoms with Crippen LogP contribution in [0, 0.1) is 0 Å². The second kappa shape index (κ2) is 12.0. The van der Waals surface area contributed by atoms with Crippen LogP contribution in [0.4, 0.5) is 5.69 Å². The molecule has 1 aliphatic rings. The van der Waals surface area contributed by atoms with Crippen LogP contribution in [0.3, 0.4) is 0 Å². The van der Waals surface area contributed by atoms with Crippen LogP contribution in [0.15, 0.2) is 61.2 Å². The molecule has 2 unspecified atom stereocenters. The number of benzene rings is 2. The predicted octanol–water partition coefficient (Wildman–Crippen LogP) is 4.28. The van der Waals surface area contributed by atoms with Gasteiger partial charge in [0.15, 0.2) is 0 Å². The first kappa shape index (κ1) is 27.7. The van der Waals surface area contributed by atoms with Crippen molar-refractivity contribution in [3.63, 3.8) is 0 Å². The van der Waals surface area contributed by atoms with Gasteiger partial charge in [-0.2, -0.15) is 0 Å². The molecule has 12 heteroatoms. The van der Waals surface area contributed by atoms with Crippen molar-refractivity contribution in [1.29, 1.82) is 0 Å². The summed E-state index contributed by atoms with van der Waals surface area (Å²) in [5.41, 5.74) is 1.54. The number of aromatic nitrogens is 2. The second-order valence-electron chi connectivity index (χ2n) is 8.91. The van der Waals surface area contributed by atoms with Crippen molar-refractivity contribution in [3.05, 3.63) is 76.8 Å². The Balaban J connectivity index is 1.32. The van der Waals surface area contributed by atoms with Crippen LogP contribution in [0.25, 0.3) is 0 Å². The minimum Gasteiger partial charge on any atom is -0.491 e. The summed E-state index contributed by atoms with van der Waals surface area (Å²) >= 11 is 12.6. The van der Waals surface area contributed by atoms with E-state index in [2.05, 4.69) is 15.0 Å². The highest BCUT2D eigenvalue weighted by Gasteiger charge is 2.45. The highest BCUT2D eigenvalue weighted by Crippen LogP contribution is 2.40. The summed E-state index contributed by atoms with van der Waals surface area (Å²) in [4.78, 5) is 4.11. The molecule has 0 saturated carbocycles. The van der Waals surface area contributed by atoms with Gasteiger partial charge >= 0.3 is 0 Å². The molecule has 1 fully saturated rings. The van der Waals surface area contributed by atoms with Gasteiger partial charge in [0.1, 0.15) is 18.5 Å². The fraction of sp³-hybridized carbons (Fsp3) is 0.400. The van der Waals surface area contributed by atoms with E-state index < -0.39 is 21.1 Å². The number of nitrogens with one attached hydrogen (secondary N) is 2. The molecule has 4 rings (SSSR count). The van der Waals surface area contributed by atoms with Crippen molar-refractivity contribution < 1.29 is 22.6 Å². The van der Waals surface area contributed by atoms with Crippen LogP contribution in [0.2, 0.25) is 10.0 Å². The van der Waals surface area contributed by atoms with Crippen molar-refractivity contribution in [2.45, 2.75) is 37.5 Å². The quantitative estimate of drug-likeness (QED) is 0.314. The number of halogens is 2. The largest absolute Gasteiger partial charge is 0.491 e. The normalized spacial score (nSPS) is 19.9. The molecule has 0 bridgehead atoms. The first-order valence-corrected chi connectivity index (χ1v) is 14.2. The molecule has 1 aromatic heterocycles. The maximum Gasteiger partial charge on any atom is 0.215 e. The Morgan fingerprint density at radius 1 is 1.19 bits per heavy atom. The number of ether oxygens (including phenoxy) is 3. The van der Waals surface area contributed by atoms with E-state index in [0.717, 1.165) is 5.69 Å². The molecular formula is C25H30Cl2N4O5S. The first-order valence-electron chi connectivity index (χ1n) is 11.9. The van der Waals surface area contributed by atoms with Crippen molar-refractivity contribution in [2.24, 2.45) is 0 Å². The summed E-state index contributed by atoms with van der Waals surface area (Å²) in [6.07, 6.45) is 4.88. The van der Waals surface area contributed by atoms with Crippen LogP contribution in [0.5, 0.6) is 5.75 Å². The molecule has 37 heavy (non-hydrogen) atoms. The van der Waals surface area contributed by atoms with Crippen LogP contribution in [-0.4, -0.2) is 55.6 Å². The van der Waals surface area contributed by atoms with Crippen molar-refractivity contribution >= 4 is 38.9 Å². The number of anilines is 1. The molecule has 2 aromatic carbocycles. The lowest BCUT2D eigenvalue weighted by Crippen LogP contribution is -2.34. The number of imidazole rings is 1. The van der Waals surface area contributed by atoms with Gasteiger partial charge in [0, 0.05) is 41.8 Å². The average Bonchev–Trinajstić information content (AvgIpc) is 3.52. The Labute approximate surface area is 227 Å². The topological polar surface area (TPSA) is 104 Å². The van der Waals surface area contributed by atoms with E-state index in [9.17, 15) is 8.42 Å². The third-order valence-electron chi connectivity index (χ3n) is 5.82. The number of sulfonamides is 1. The fourth-order valence-corrected chi connectivity index (χ4v) is 5.07. The molecule has 1 aliphatic heterocycles. The monoisotopic (exact) mass is 568 g/mol. The van der Waals surface area contributed by atoms with E-state index in [1.807, 2.05) is 41.1 Å². The molecule has 2 atom stereocenters. The van der Waals surface area contributed by atoms with Gasteiger partial charge in [-0.05, 0) is 50.2 Å². The summed E-state index contributed by atoms with van der Waals surface area (Å²) in [6.45, 7) is 5.01. The van der Waals surface area contributed by atoms with Gasteiger partial charge in [0.05, 0.1) is 29.8 Å². The first-order chi connectivity index (χ1) is 17.7. The van der Waals surface area contributed by atoms with Crippen molar-refractivity contribution in [3.8, 4) is 5.75 Å². The number of rotatable bonds is 12.